The maximum Gasteiger partial charge on any atom is 0.269 e. The number of carbonyl (C=O) groups is 4. The maximum absolute atomic E-state index is 12.5. The summed E-state index contributed by atoms with van der Waals surface area (Å²) >= 11 is 9.53. The lowest BCUT2D eigenvalue weighted by Crippen LogP contribution is -2.62. The molecule has 2 aliphatic rings. The number of nitro groups is 1. The highest BCUT2D eigenvalue weighted by Crippen LogP contribution is 2.36. The van der Waals surface area contributed by atoms with Gasteiger partial charge in [0.25, 0.3) is 5.69 Å². The Balaban J connectivity index is 0.000000469. The fourth-order valence-electron chi connectivity index (χ4n) is 3.42. The highest BCUT2D eigenvalue weighted by atomic mass is 32.1. The van der Waals surface area contributed by atoms with Crippen molar-refractivity contribution in [3.05, 3.63) is 70.5 Å². The molecule has 2 aromatic rings. The summed E-state index contributed by atoms with van der Waals surface area (Å²) in [4.78, 5) is 63.9. The second-order valence-corrected chi connectivity index (χ2v) is 7.79. The lowest BCUT2D eigenvalue weighted by atomic mass is 9.74. The number of hydrogen-bond donors (Lipinski definition) is 4. The summed E-state index contributed by atoms with van der Waals surface area (Å²) in [6.07, 6.45) is 3.50. The molecule has 4 amide bonds. The van der Waals surface area contributed by atoms with Crippen molar-refractivity contribution in [2.24, 2.45) is 11.8 Å². The van der Waals surface area contributed by atoms with Crippen LogP contribution in [0.1, 0.15) is 11.5 Å². The molecule has 174 valence electrons. The van der Waals surface area contributed by atoms with E-state index in [9.17, 15) is 29.3 Å². The first-order chi connectivity index (χ1) is 16.2. The molecule has 2 saturated heterocycles. The van der Waals surface area contributed by atoms with Gasteiger partial charge < -0.3 is 21.3 Å². The summed E-state index contributed by atoms with van der Waals surface area (Å²) in [7, 11) is 0. The molecule has 12 nitrogen and oxygen atoms in total. The lowest BCUT2D eigenvalue weighted by molar-refractivity contribution is -0.384. The molecule has 0 saturated carbocycles. The summed E-state index contributed by atoms with van der Waals surface area (Å²) in [5.74, 6) is -7.43. The number of nitrogens with zero attached hydrogens (tertiary/aromatic N) is 2. The molecule has 4 rings (SSSR count). The Kier molecular flexibility index (Phi) is 7.65. The van der Waals surface area contributed by atoms with Crippen LogP contribution in [-0.4, -0.2) is 43.8 Å². The zero-order valence-electron chi connectivity index (χ0n) is 17.1. The Morgan fingerprint density at radius 1 is 0.765 bits per heavy atom. The van der Waals surface area contributed by atoms with E-state index in [2.05, 4.69) is 26.3 Å². The summed E-state index contributed by atoms with van der Waals surface area (Å²) < 4.78 is 0. The minimum Gasteiger partial charge on any atom is -0.302 e. The average molecular weight is 501 g/mol. The van der Waals surface area contributed by atoms with Gasteiger partial charge >= 0.3 is 0 Å². The van der Waals surface area contributed by atoms with E-state index in [4.69, 9.17) is 24.4 Å². The SMILES string of the molecule is O=C1NC(=S)NC(=O)C1C(c1ccc([N+](=O)[O-])cc1)C1C(=O)NC(=S)NC1=O.c1ccncc1. The molecule has 2 fully saturated rings. The van der Waals surface area contributed by atoms with Gasteiger partial charge in [0, 0.05) is 30.4 Å². The second kappa shape index (κ2) is 10.6. The zero-order valence-corrected chi connectivity index (χ0v) is 18.7. The number of benzene rings is 1. The quantitative estimate of drug-likeness (QED) is 0.196. The summed E-state index contributed by atoms with van der Waals surface area (Å²) in [6, 6.07) is 10.6. The van der Waals surface area contributed by atoms with Crippen molar-refractivity contribution >= 4 is 64.0 Å². The van der Waals surface area contributed by atoms with Crippen LogP contribution in [0.25, 0.3) is 0 Å². The number of pyridine rings is 1. The Labute approximate surface area is 202 Å². The maximum atomic E-state index is 12.5. The zero-order chi connectivity index (χ0) is 24.8. The van der Waals surface area contributed by atoms with Crippen molar-refractivity contribution in [2.75, 3.05) is 0 Å². The van der Waals surface area contributed by atoms with Gasteiger partial charge in [-0.2, -0.15) is 0 Å². The van der Waals surface area contributed by atoms with Gasteiger partial charge in [-0.3, -0.25) is 34.3 Å². The number of nitro benzene ring substituents is 1. The van der Waals surface area contributed by atoms with Crippen LogP contribution in [-0.2, 0) is 19.2 Å². The van der Waals surface area contributed by atoms with Gasteiger partial charge in [-0.05, 0) is 42.1 Å². The van der Waals surface area contributed by atoms with Crippen LogP contribution in [0.15, 0.2) is 54.9 Å². The number of hydrogen-bond acceptors (Lipinski definition) is 9. The molecule has 1 aromatic heterocycles. The third-order valence-corrected chi connectivity index (χ3v) is 5.26. The van der Waals surface area contributed by atoms with Crippen LogP contribution in [0.3, 0.4) is 0 Å². The minimum atomic E-state index is -1.48. The van der Waals surface area contributed by atoms with Crippen molar-refractivity contribution in [1.82, 2.24) is 26.3 Å². The second-order valence-electron chi connectivity index (χ2n) is 6.97. The summed E-state index contributed by atoms with van der Waals surface area (Å²) in [5, 5.41) is 19.6. The number of non-ortho nitro benzene ring substituents is 1. The molecule has 2 aliphatic heterocycles. The fraction of sp³-hybridized carbons (Fsp3) is 0.150. The third-order valence-electron chi connectivity index (χ3n) is 4.85. The van der Waals surface area contributed by atoms with Crippen LogP contribution in [0, 0.1) is 22.0 Å². The Bertz CT molecular complexity index is 1060. The van der Waals surface area contributed by atoms with Crippen molar-refractivity contribution in [3.8, 4) is 0 Å². The van der Waals surface area contributed by atoms with Gasteiger partial charge in [0.1, 0.15) is 11.8 Å². The number of aromatic nitrogens is 1. The van der Waals surface area contributed by atoms with Gasteiger partial charge in [0.05, 0.1) is 4.92 Å². The van der Waals surface area contributed by atoms with Crippen LogP contribution >= 0.6 is 24.4 Å². The molecule has 0 radical (unpaired) electrons. The lowest BCUT2D eigenvalue weighted by Gasteiger charge is -2.35. The highest BCUT2D eigenvalue weighted by molar-refractivity contribution is 7.80. The summed E-state index contributed by atoms with van der Waals surface area (Å²) in [6.45, 7) is 0. The van der Waals surface area contributed by atoms with Crippen LogP contribution in [0.2, 0.25) is 0 Å². The monoisotopic (exact) mass is 500 g/mol. The Hall–Kier alpha value is -4.17. The van der Waals surface area contributed by atoms with E-state index in [1.165, 1.54) is 12.1 Å². The van der Waals surface area contributed by atoms with E-state index >= 15 is 0 Å². The van der Waals surface area contributed by atoms with E-state index in [-0.39, 0.29) is 21.5 Å². The van der Waals surface area contributed by atoms with Crippen molar-refractivity contribution in [2.45, 2.75) is 5.92 Å². The first-order valence-electron chi connectivity index (χ1n) is 9.59. The minimum absolute atomic E-state index is 0.201. The van der Waals surface area contributed by atoms with Crippen LogP contribution < -0.4 is 21.3 Å². The van der Waals surface area contributed by atoms with E-state index in [1.807, 2.05) is 18.2 Å². The first kappa shape index (κ1) is 24.5. The van der Waals surface area contributed by atoms with Gasteiger partial charge in [-0.25, -0.2) is 0 Å². The molecule has 0 atom stereocenters. The molecular formula is C20H16N6O6S2. The molecule has 14 heteroatoms. The average Bonchev–Trinajstić information content (AvgIpc) is 2.78. The van der Waals surface area contributed by atoms with E-state index in [1.54, 1.807) is 12.4 Å². The molecule has 4 N–H and O–H groups in total. The number of rotatable bonds is 4. The van der Waals surface area contributed by atoms with E-state index < -0.39 is 46.3 Å². The molecule has 0 spiro atoms. The smallest absolute Gasteiger partial charge is 0.269 e. The fourth-order valence-corrected chi connectivity index (χ4v) is 3.82. The van der Waals surface area contributed by atoms with Gasteiger partial charge in [0.2, 0.25) is 23.6 Å². The molecule has 0 unspecified atom stereocenters. The van der Waals surface area contributed by atoms with Crippen LogP contribution in [0.5, 0.6) is 0 Å². The first-order valence-corrected chi connectivity index (χ1v) is 10.4. The molecule has 1 aromatic carbocycles. The highest BCUT2D eigenvalue weighted by Gasteiger charge is 2.49. The number of amides is 4. The molecule has 34 heavy (non-hydrogen) atoms. The summed E-state index contributed by atoms with van der Waals surface area (Å²) in [5.41, 5.74) is -0.0308. The number of nitrogens with one attached hydrogen (secondary N) is 4. The normalized spacial score (nSPS) is 16.6. The van der Waals surface area contributed by atoms with Gasteiger partial charge in [0.15, 0.2) is 10.2 Å². The number of thiocarbonyl (C=S) groups is 2. The van der Waals surface area contributed by atoms with Crippen molar-refractivity contribution in [3.63, 3.8) is 0 Å². The van der Waals surface area contributed by atoms with Crippen molar-refractivity contribution in [1.29, 1.82) is 0 Å². The standard InChI is InChI=1S/C15H11N5O6S2.C5H5N/c21-10-8(11(22)17-14(27)16-10)7(5-1-3-6(4-2-5)20(25)26)9-12(23)18-15(28)19-13(9)24;1-2-4-6-5-3-1/h1-4,7-9H,(H2,16,17,21,22,27)(H2,18,19,23,24,28);1-5H. The van der Waals surface area contributed by atoms with Crippen LogP contribution in [0.4, 0.5) is 5.69 Å². The molecule has 0 bridgehead atoms. The predicted octanol–water partition coefficient (Wildman–Crippen LogP) is 0.0542. The van der Waals surface area contributed by atoms with E-state index in [0.29, 0.717) is 0 Å². The van der Waals surface area contributed by atoms with E-state index in [0.717, 1.165) is 12.1 Å². The predicted molar refractivity (Wildman–Crippen MR) is 125 cm³/mol. The van der Waals surface area contributed by atoms with Crippen molar-refractivity contribution < 1.29 is 24.1 Å². The molecule has 3 heterocycles. The van der Waals surface area contributed by atoms with Gasteiger partial charge in [-0.15, -0.1) is 0 Å². The topological polar surface area (TPSA) is 172 Å². The number of carbonyl (C=O) groups excluding carboxylic acids is 4. The Morgan fingerprint density at radius 2 is 1.18 bits per heavy atom. The third kappa shape index (κ3) is 5.60. The van der Waals surface area contributed by atoms with Gasteiger partial charge in [-0.1, -0.05) is 18.2 Å². The Morgan fingerprint density at radius 3 is 1.47 bits per heavy atom. The largest absolute Gasteiger partial charge is 0.302 e. The molecular weight excluding hydrogens is 484 g/mol. The molecule has 0 aliphatic carbocycles.